The van der Waals surface area contributed by atoms with Gasteiger partial charge in [-0.1, -0.05) is 6.92 Å². The normalized spacial score (nSPS) is 22.0. The second kappa shape index (κ2) is 8.57. The van der Waals surface area contributed by atoms with Crippen LogP contribution in [0.25, 0.3) is 22.4 Å². The van der Waals surface area contributed by atoms with Gasteiger partial charge in [-0.05, 0) is 75.0 Å². The van der Waals surface area contributed by atoms with Crippen LogP contribution in [0.15, 0.2) is 30.3 Å². The largest absolute Gasteiger partial charge is 0.377 e. The third-order valence-corrected chi connectivity index (χ3v) is 10.8. The van der Waals surface area contributed by atoms with E-state index in [4.69, 9.17) is 14.7 Å². The number of hydrogen-bond donors (Lipinski definition) is 2. The van der Waals surface area contributed by atoms with Crippen molar-refractivity contribution < 1.29 is 13.2 Å². The van der Waals surface area contributed by atoms with Crippen molar-refractivity contribution in [3.05, 3.63) is 41.6 Å². The Bertz CT molecular complexity index is 1360. The molecular weight excluding hydrogens is 462 g/mol. The second-order valence-corrected chi connectivity index (χ2v) is 12.7. The first kappa shape index (κ1) is 22.9. The highest BCUT2D eigenvalue weighted by atomic mass is 32.2. The van der Waals surface area contributed by atoms with E-state index in [-0.39, 0.29) is 11.3 Å². The van der Waals surface area contributed by atoms with Gasteiger partial charge in [-0.15, -0.1) is 0 Å². The summed E-state index contributed by atoms with van der Waals surface area (Å²) in [6.45, 7) is 4.94. The summed E-state index contributed by atoms with van der Waals surface area (Å²) < 4.78 is 31.9. The first-order valence-electron chi connectivity index (χ1n) is 12.7. The summed E-state index contributed by atoms with van der Waals surface area (Å²) in [5.74, 6) is 0.830. The van der Waals surface area contributed by atoms with Gasteiger partial charge in [-0.3, -0.25) is 0 Å². The standard InChI is InChI=1S/C26H33N5O3S/c1-3-19-16-34-11-10-31(19)25-13-17(26(8-9-26)35(32,33)20-4-5-20)12-23(30-25)22-7-6-21-24(29-22)14-18(28-21)15-27-2/h6-7,12-14,19-20,27-28H,3-5,8-11,15-16H2,1-2H3. The van der Waals surface area contributed by atoms with E-state index in [1.165, 1.54) is 0 Å². The van der Waals surface area contributed by atoms with Gasteiger partial charge in [0.05, 0.1) is 51.7 Å². The molecule has 1 saturated heterocycles. The van der Waals surface area contributed by atoms with Gasteiger partial charge in [-0.25, -0.2) is 18.4 Å². The van der Waals surface area contributed by atoms with Gasteiger partial charge in [0.15, 0.2) is 9.84 Å². The minimum Gasteiger partial charge on any atom is -0.377 e. The summed E-state index contributed by atoms with van der Waals surface area (Å²) in [5.41, 5.74) is 5.29. The molecule has 3 aliphatic rings. The molecule has 2 saturated carbocycles. The number of aromatic nitrogens is 3. The number of nitrogens with zero attached hydrogens (tertiary/aromatic N) is 3. The number of rotatable bonds is 8. The molecule has 3 fully saturated rings. The molecule has 2 N–H and O–H groups in total. The Morgan fingerprint density at radius 1 is 1.17 bits per heavy atom. The number of pyridine rings is 2. The van der Waals surface area contributed by atoms with E-state index < -0.39 is 14.6 Å². The molecule has 6 rings (SSSR count). The molecule has 1 aliphatic heterocycles. The monoisotopic (exact) mass is 495 g/mol. The van der Waals surface area contributed by atoms with E-state index in [1.807, 2.05) is 31.3 Å². The van der Waals surface area contributed by atoms with Crippen molar-refractivity contribution in [2.75, 3.05) is 31.7 Å². The number of morpholine rings is 1. The number of aromatic amines is 1. The third-order valence-electron chi connectivity index (χ3n) is 7.70. The summed E-state index contributed by atoms with van der Waals surface area (Å²) in [4.78, 5) is 15.6. The van der Waals surface area contributed by atoms with E-state index in [0.29, 0.717) is 26.1 Å². The molecule has 9 heteroatoms. The minimum absolute atomic E-state index is 0.184. The first-order chi connectivity index (χ1) is 16.9. The van der Waals surface area contributed by atoms with Crippen LogP contribution in [0, 0.1) is 0 Å². The molecule has 186 valence electrons. The maximum Gasteiger partial charge on any atom is 0.163 e. The highest BCUT2D eigenvalue weighted by Crippen LogP contribution is 2.58. The number of hydrogen-bond acceptors (Lipinski definition) is 7. The average Bonchev–Trinajstić information content (AvgIpc) is 3.79. The van der Waals surface area contributed by atoms with Crippen LogP contribution in [0.3, 0.4) is 0 Å². The highest BCUT2D eigenvalue weighted by Gasteiger charge is 2.60. The van der Waals surface area contributed by atoms with Crippen LogP contribution < -0.4 is 10.2 Å². The van der Waals surface area contributed by atoms with Crippen molar-refractivity contribution in [2.24, 2.45) is 0 Å². The predicted octanol–water partition coefficient (Wildman–Crippen LogP) is 3.53. The predicted molar refractivity (Wildman–Crippen MR) is 137 cm³/mol. The molecule has 3 aromatic heterocycles. The van der Waals surface area contributed by atoms with Crippen LogP contribution in [0.1, 0.15) is 50.3 Å². The molecule has 1 unspecified atom stereocenters. The van der Waals surface area contributed by atoms with Crippen LogP contribution in [0.2, 0.25) is 0 Å². The summed E-state index contributed by atoms with van der Waals surface area (Å²) in [7, 11) is -1.30. The molecule has 1 atom stereocenters. The molecule has 0 bridgehead atoms. The topological polar surface area (TPSA) is 100 Å². The molecule has 35 heavy (non-hydrogen) atoms. The Hall–Kier alpha value is -2.49. The van der Waals surface area contributed by atoms with E-state index >= 15 is 0 Å². The van der Waals surface area contributed by atoms with Crippen LogP contribution in [-0.4, -0.2) is 61.5 Å². The molecule has 0 amide bonds. The fraction of sp³-hybridized carbons (Fsp3) is 0.538. The number of ether oxygens (including phenoxy) is 1. The van der Waals surface area contributed by atoms with Crippen LogP contribution in [0.5, 0.6) is 0 Å². The van der Waals surface area contributed by atoms with Gasteiger partial charge < -0.3 is 19.9 Å². The number of nitrogens with one attached hydrogen (secondary N) is 2. The van der Waals surface area contributed by atoms with Crippen LogP contribution in [0.4, 0.5) is 5.82 Å². The molecule has 4 heterocycles. The van der Waals surface area contributed by atoms with E-state index in [2.05, 4.69) is 28.2 Å². The van der Waals surface area contributed by atoms with Crippen molar-refractivity contribution in [3.63, 3.8) is 0 Å². The third kappa shape index (κ3) is 3.93. The molecule has 0 aromatic carbocycles. The van der Waals surface area contributed by atoms with Crippen LogP contribution >= 0.6 is 0 Å². The average molecular weight is 496 g/mol. The number of H-pyrrole nitrogens is 1. The molecular formula is C26H33N5O3S. The quantitative estimate of drug-likeness (QED) is 0.493. The van der Waals surface area contributed by atoms with Gasteiger partial charge in [0.25, 0.3) is 0 Å². The Balaban J connectivity index is 1.47. The lowest BCUT2D eigenvalue weighted by Crippen LogP contribution is -2.45. The molecule has 3 aromatic rings. The second-order valence-electron chi connectivity index (χ2n) is 10.1. The maximum atomic E-state index is 13.5. The lowest BCUT2D eigenvalue weighted by molar-refractivity contribution is 0.0926. The smallest absolute Gasteiger partial charge is 0.163 e. The summed E-state index contributed by atoms with van der Waals surface area (Å²) >= 11 is 0. The van der Waals surface area contributed by atoms with Crippen molar-refractivity contribution in [1.82, 2.24) is 20.3 Å². The zero-order valence-corrected chi connectivity index (χ0v) is 21.2. The Morgan fingerprint density at radius 3 is 2.71 bits per heavy atom. The lowest BCUT2D eigenvalue weighted by atomic mass is 10.1. The van der Waals surface area contributed by atoms with Crippen molar-refractivity contribution >= 4 is 26.7 Å². The van der Waals surface area contributed by atoms with Crippen molar-refractivity contribution in [2.45, 2.75) is 61.6 Å². The zero-order chi connectivity index (χ0) is 24.2. The Kier molecular flexibility index (Phi) is 5.62. The maximum absolute atomic E-state index is 13.5. The fourth-order valence-electron chi connectivity index (χ4n) is 5.39. The van der Waals surface area contributed by atoms with Crippen molar-refractivity contribution in [3.8, 4) is 11.4 Å². The molecule has 8 nitrogen and oxygen atoms in total. The fourth-order valence-corrected chi connectivity index (χ4v) is 7.91. The van der Waals surface area contributed by atoms with Gasteiger partial charge in [0.1, 0.15) is 5.82 Å². The molecule has 0 spiro atoms. The zero-order valence-electron chi connectivity index (χ0n) is 20.4. The van der Waals surface area contributed by atoms with E-state index in [9.17, 15) is 8.42 Å². The van der Waals surface area contributed by atoms with Gasteiger partial charge in [-0.2, -0.15) is 0 Å². The van der Waals surface area contributed by atoms with E-state index in [0.717, 1.165) is 71.8 Å². The van der Waals surface area contributed by atoms with Gasteiger partial charge in [0.2, 0.25) is 0 Å². The summed E-state index contributed by atoms with van der Waals surface area (Å²) in [6.07, 6.45) is 3.89. The van der Waals surface area contributed by atoms with Gasteiger partial charge >= 0.3 is 0 Å². The minimum atomic E-state index is -3.21. The Morgan fingerprint density at radius 2 is 2.00 bits per heavy atom. The first-order valence-corrected chi connectivity index (χ1v) is 14.2. The number of anilines is 1. The molecule has 0 radical (unpaired) electrons. The molecule has 2 aliphatic carbocycles. The lowest BCUT2D eigenvalue weighted by Gasteiger charge is -2.36. The van der Waals surface area contributed by atoms with Crippen molar-refractivity contribution in [1.29, 1.82) is 0 Å². The SMILES string of the molecule is CCC1COCCN1c1cc(C2(S(=O)(=O)C3CC3)CC2)cc(-c2ccc3[nH]c(CNC)cc3n2)n1. The van der Waals surface area contributed by atoms with E-state index in [1.54, 1.807) is 0 Å². The van der Waals surface area contributed by atoms with Gasteiger partial charge in [0, 0.05) is 18.8 Å². The summed E-state index contributed by atoms with van der Waals surface area (Å²) in [5, 5.41) is 2.98. The number of sulfone groups is 1. The number of fused-ring (bicyclic) bond motifs is 1. The van der Waals surface area contributed by atoms with Crippen LogP contribution in [-0.2, 0) is 25.9 Å². The Labute approximate surface area is 206 Å². The summed E-state index contributed by atoms with van der Waals surface area (Å²) in [6, 6.07) is 10.3. The highest BCUT2D eigenvalue weighted by molar-refractivity contribution is 7.93.